The number of pyridine rings is 2. The molecule has 5 aromatic rings. The molecule has 0 aliphatic heterocycles. The Balaban J connectivity index is 1.98. The Morgan fingerprint density at radius 1 is 0.759 bits per heavy atom. The lowest BCUT2D eigenvalue weighted by Crippen LogP contribution is -2.13. The molecule has 0 aliphatic carbocycles. The predicted octanol–water partition coefficient (Wildman–Crippen LogP) is 4.30. The third kappa shape index (κ3) is 2.54. The molecule has 0 fully saturated rings. The van der Waals surface area contributed by atoms with Crippen molar-refractivity contribution in [3.63, 3.8) is 0 Å². The molecule has 5 nitrogen and oxygen atoms in total. The maximum Gasteiger partial charge on any atom is 0.197 e. The van der Waals surface area contributed by atoms with Crippen LogP contribution in [0.3, 0.4) is 0 Å². The summed E-state index contributed by atoms with van der Waals surface area (Å²) in [6.07, 6.45) is 0.852. The largest absolute Gasteiger partial charge is 0.376 e. The maximum absolute atomic E-state index is 13.4. The Morgan fingerprint density at radius 2 is 1.41 bits per heavy atom. The van der Waals surface area contributed by atoms with Gasteiger partial charge in [-0.25, -0.2) is 0 Å². The molecule has 0 unspecified atom stereocenters. The number of nitrogens with zero attached hydrogens (tertiary/aromatic N) is 1. The Bertz CT molecular complexity index is 1560. The Morgan fingerprint density at radius 3 is 2.10 bits per heavy atom. The number of fused-ring (bicyclic) bond motifs is 4. The van der Waals surface area contributed by atoms with E-state index in [1.807, 2.05) is 49.3 Å². The van der Waals surface area contributed by atoms with Crippen LogP contribution in [0, 0.1) is 0 Å². The number of anilines is 1. The molecular weight excluding hydrogens is 362 g/mol. The SMILES string of the molecule is CCc1cc(N(C)C)c2[nH]c3cc4c(=O)c5ccccc5[nH]c4cc3c(=O)c2c1. The van der Waals surface area contributed by atoms with Crippen LogP contribution >= 0.6 is 0 Å². The topological polar surface area (TPSA) is 69.0 Å². The van der Waals surface area contributed by atoms with Crippen molar-refractivity contribution in [1.29, 1.82) is 0 Å². The number of rotatable bonds is 2. The van der Waals surface area contributed by atoms with Crippen LogP contribution in [0.15, 0.2) is 58.1 Å². The number of benzene rings is 3. The first-order valence-electron chi connectivity index (χ1n) is 9.72. The highest BCUT2D eigenvalue weighted by Gasteiger charge is 2.14. The average Bonchev–Trinajstić information content (AvgIpc) is 2.73. The summed E-state index contributed by atoms with van der Waals surface area (Å²) in [5, 5.41) is 2.46. The fourth-order valence-corrected chi connectivity index (χ4v) is 4.09. The van der Waals surface area contributed by atoms with Gasteiger partial charge in [-0.15, -0.1) is 0 Å². The molecule has 0 saturated heterocycles. The number of hydrogen-bond acceptors (Lipinski definition) is 3. The van der Waals surface area contributed by atoms with Gasteiger partial charge >= 0.3 is 0 Å². The second kappa shape index (κ2) is 6.21. The average molecular weight is 383 g/mol. The molecule has 0 spiro atoms. The lowest BCUT2D eigenvalue weighted by molar-refractivity contribution is 1.10. The Kier molecular flexibility index (Phi) is 3.74. The van der Waals surface area contributed by atoms with Crippen molar-refractivity contribution in [1.82, 2.24) is 9.97 Å². The van der Waals surface area contributed by atoms with E-state index in [-0.39, 0.29) is 10.9 Å². The quantitative estimate of drug-likeness (QED) is 0.447. The van der Waals surface area contributed by atoms with Crippen LogP contribution in [0.2, 0.25) is 0 Å². The molecule has 144 valence electrons. The molecule has 2 N–H and O–H groups in total. The number of para-hydroxylation sites is 1. The predicted molar refractivity (Wildman–Crippen MR) is 121 cm³/mol. The molecule has 3 aromatic carbocycles. The van der Waals surface area contributed by atoms with E-state index >= 15 is 0 Å². The summed E-state index contributed by atoms with van der Waals surface area (Å²) >= 11 is 0. The summed E-state index contributed by atoms with van der Waals surface area (Å²) in [6.45, 7) is 2.08. The highest BCUT2D eigenvalue weighted by molar-refractivity contribution is 6.04. The van der Waals surface area contributed by atoms with E-state index in [1.54, 1.807) is 12.1 Å². The molecule has 5 heteroatoms. The number of H-pyrrole nitrogens is 2. The summed E-state index contributed by atoms with van der Waals surface area (Å²) in [5.74, 6) is 0. The normalized spacial score (nSPS) is 11.7. The zero-order valence-electron chi connectivity index (χ0n) is 16.6. The van der Waals surface area contributed by atoms with Gasteiger partial charge in [-0.2, -0.15) is 0 Å². The van der Waals surface area contributed by atoms with Gasteiger partial charge in [-0.05, 0) is 48.4 Å². The van der Waals surface area contributed by atoms with Crippen LogP contribution in [0.1, 0.15) is 12.5 Å². The van der Waals surface area contributed by atoms with Gasteiger partial charge in [0.1, 0.15) is 0 Å². The van der Waals surface area contributed by atoms with E-state index in [0.717, 1.165) is 28.7 Å². The van der Waals surface area contributed by atoms with Crippen LogP contribution < -0.4 is 15.8 Å². The number of aromatic nitrogens is 2. The van der Waals surface area contributed by atoms with Crippen molar-refractivity contribution in [2.75, 3.05) is 19.0 Å². The molecule has 5 rings (SSSR count). The van der Waals surface area contributed by atoms with Gasteiger partial charge in [0, 0.05) is 41.2 Å². The summed E-state index contributed by atoms with van der Waals surface area (Å²) in [6, 6.07) is 15.1. The second-order valence-corrected chi connectivity index (χ2v) is 7.68. The molecular formula is C24H21N3O2. The highest BCUT2D eigenvalue weighted by atomic mass is 16.1. The van der Waals surface area contributed by atoms with Crippen molar-refractivity contribution in [2.24, 2.45) is 0 Å². The highest BCUT2D eigenvalue weighted by Crippen LogP contribution is 2.28. The molecule has 0 atom stereocenters. The van der Waals surface area contributed by atoms with Gasteiger partial charge in [0.05, 0.1) is 22.2 Å². The van der Waals surface area contributed by atoms with Crippen LogP contribution in [0.5, 0.6) is 0 Å². The minimum Gasteiger partial charge on any atom is -0.376 e. The van der Waals surface area contributed by atoms with Gasteiger partial charge in [-0.3, -0.25) is 9.59 Å². The summed E-state index contributed by atoms with van der Waals surface area (Å²) in [4.78, 5) is 35.1. The van der Waals surface area contributed by atoms with Crippen molar-refractivity contribution in [3.8, 4) is 0 Å². The van der Waals surface area contributed by atoms with Crippen molar-refractivity contribution in [2.45, 2.75) is 13.3 Å². The standard InChI is InChI=1S/C24H21N3O2/c1-4-13-9-17-22(21(10-13)27(2)3)26-20-12-15-19(11-16(20)24(17)29)25-18-8-6-5-7-14(18)23(15)28/h5-12H,4H2,1-3H3,(H,25,28)(H,26,29). The van der Waals surface area contributed by atoms with Gasteiger partial charge in [0.2, 0.25) is 0 Å². The third-order valence-electron chi connectivity index (χ3n) is 5.66. The Labute approximate surface area is 166 Å². The molecule has 2 aromatic heterocycles. The third-order valence-corrected chi connectivity index (χ3v) is 5.66. The molecule has 0 radical (unpaired) electrons. The lowest BCUT2D eigenvalue weighted by Gasteiger charge is -2.17. The fourth-order valence-electron chi connectivity index (χ4n) is 4.09. The van der Waals surface area contributed by atoms with Gasteiger partial charge in [0.25, 0.3) is 0 Å². The lowest BCUT2D eigenvalue weighted by atomic mass is 10.0. The fraction of sp³-hybridized carbons (Fsp3) is 0.167. The van der Waals surface area contributed by atoms with Crippen molar-refractivity contribution >= 4 is 49.3 Å². The number of aromatic amines is 2. The first-order chi connectivity index (χ1) is 14.0. The maximum atomic E-state index is 13.4. The van der Waals surface area contributed by atoms with Gasteiger partial charge < -0.3 is 14.9 Å². The van der Waals surface area contributed by atoms with Crippen LogP contribution in [0.4, 0.5) is 5.69 Å². The molecule has 2 heterocycles. The molecule has 0 bridgehead atoms. The van der Waals surface area contributed by atoms with Crippen LogP contribution in [-0.4, -0.2) is 24.1 Å². The van der Waals surface area contributed by atoms with E-state index in [4.69, 9.17) is 0 Å². The first-order valence-corrected chi connectivity index (χ1v) is 9.72. The van der Waals surface area contributed by atoms with E-state index in [0.29, 0.717) is 32.6 Å². The monoisotopic (exact) mass is 383 g/mol. The zero-order valence-corrected chi connectivity index (χ0v) is 16.6. The van der Waals surface area contributed by atoms with Crippen molar-refractivity contribution < 1.29 is 0 Å². The minimum atomic E-state index is -0.0358. The van der Waals surface area contributed by atoms with E-state index in [1.165, 1.54) is 0 Å². The number of hydrogen-bond donors (Lipinski definition) is 2. The van der Waals surface area contributed by atoms with Crippen LogP contribution in [0.25, 0.3) is 43.6 Å². The first kappa shape index (κ1) is 17.5. The van der Waals surface area contributed by atoms with Crippen molar-refractivity contribution in [3.05, 3.63) is 74.5 Å². The minimum absolute atomic E-state index is 0.0249. The van der Waals surface area contributed by atoms with Gasteiger partial charge in [-0.1, -0.05) is 19.1 Å². The summed E-state index contributed by atoms with van der Waals surface area (Å²) < 4.78 is 0. The number of aryl methyl sites for hydroxylation is 1. The smallest absolute Gasteiger partial charge is 0.197 e. The zero-order chi connectivity index (χ0) is 20.3. The molecule has 0 aliphatic rings. The second-order valence-electron chi connectivity index (χ2n) is 7.68. The van der Waals surface area contributed by atoms with E-state index < -0.39 is 0 Å². The molecule has 0 amide bonds. The molecule has 0 saturated carbocycles. The van der Waals surface area contributed by atoms with Crippen LogP contribution in [-0.2, 0) is 6.42 Å². The summed E-state index contributed by atoms with van der Waals surface area (Å²) in [5.41, 5.74) is 4.92. The molecule has 29 heavy (non-hydrogen) atoms. The Hall–Kier alpha value is -3.60. The van der Waals surface area contributed by atoms with Gasteiger partial charge in [0.15, 0.2) is 10.9 Å². The summed E-state index contributed by atoms with van der Waals surface area (Å²) in [7, 11) is 3.93. The van der Waals surface area contributed by atoms with E-state index in [2.05, 4.69) is 23.0 Å². The van der Waals surface area contributed by atoms with E-state index in [9.17, 15) is 9.59 Å². The number of nitrogens with one attached hydrogen (secondary N) is 2.